The van der Waals surface area contributed by atoms with Crippen molar-refractivity contribution in [3.63, 3.8) is 0 Å². The second-order valence-electron chi connectivity index (χ2n) is 7.58. The summed E-state index contributed by atoms with van der Waals surface area (Å²) in [6.45, 7) is 8.56. The maximum Gasteiger partial charge on any atom is 0.120 e. The lowest BCUT2D eigenvalue weighted by molar-refractivity contribution is 0.0505. The Hall–Kier alpha value is -1.20. The fourth-order valence-electron chi connectivity index (χ4n) is 3.31. The van der Waals surface area contributed by atoms with Gasteiger partial charge in [0.25, 0.3) is 0 Å². The Kier molecular flexibility index (Phi) is 7.10. The zero-order valence-corrected chi connectivity index (χ0v) is 17.7. The summed E-state index contributed by atoms with van der Waals surface area (Å²) in [5.41, 5.74) is 0.408. The largest absolute Gasteiger partial charge is 0.396 e. The zero-order valence-electron chi connectivity index (χ0n) is 16.0. The molecule has 0 radical (unpaired) electrons. The van der Waals surface area contributed by atoms with Crippen molar-refractivity contribution in [3.05, 3.63) is 44.3 Å². The van der Waals surface area contributed by atoms with Gasteiger partial charge in [0.15, 0.2) is 0 Å². The van der Waals surface area contributed by atoms with Crippen LogP contribution in [-0.4, -0.2) is 57.9 Å². The number of hydrogen-bond donors (Lipinski definition) is 2. The molecule has 27 heavy (non-hydrogen) atoms. The van der Waals surface area contributed by atoms with Crippen LogP contribution in [0.5, 0.6) is 0 Å². The smallest absolute Gasteiger partial charge is 0.120 e. The molecule has 6 heteroatoms. The Labute approximate surface area is 170 Å². The number of hydrogen-bond acceptors (Lipinski definition) is 6. The van der Waals surface area contributed by atoms with E-state index >= 15 is 0 Å². The molecule has 2 aromatic heterocycles. The van der Waals surface area contributed by atoms with E-state index in [9.17, 15) is 10.2 Å². The van der Waals surface area contributed by atoms with Crippen molar-refractivity contribution in [1.29, 1.82) is 0 Å². The lowest BCUT2D eigenvalue weighted by Gasteiger charge is -2.41. The average Bonchev–Trinajstić information content (AvgIpc) is 3.27. The number of aliphatic hydroxyl groups excluding tert-OH is 1. The van der Waals surface area contributed by atoms with Gasteiger partial charge in [0.2, 0.25) is 0 Å². The number of nitrogens with zero attached hydrogens (tertiary/aromatic N) is 2. The second kappa shape index (κ2) is 9.33. The lowest BCUT2D eigenvalue weighted by Crippen LogP contribution is -2.52. The SMILES string of the molecule is CC(C)(O)C#Cc1ccc(CN2CCN(Cc3ccsc3)[C@H](CCO)C2)s1. The highest BCUT2D eigenvalue weighted by Crippen LogP contribution is 2.22. The molecule has 0 unspecified atom stereocenters. The van der Waals surface area contributed by atoms with E-state index in [4.69, 9.17) is 0 Å². The van der Waals surface area contributed by atoms with Gasteiger partial charge in [-0.3, -0.25) is 9.80 Å². The molecule has 1 saturated heterocycles. The second-order valence-corrected chi connectivity index (χ2v) is 9.53. The van der Waals surface area contributed by atoms with Crippen molar-refractivity contribution in [1.82, 2.24) is 9.80 Å². The molecule has 2 aromatic rings. The van der Waals surface area contributed by atoms with Crippen LogP contribution in [0.4, 0.5) is 0 Å². The van der Waals surface area contributed by atoms with Gasteiger partial charge in [-0.15, -0.1) is 11.3 Å². The molecule has 0 saturated carbocycles. The van der Waals surface area contributed by atoms with Crippen molar-refractivity contribution in [2.75, 3.05) is 26.2 Å². The summed E-state index contributed by atoms with van der Waals surface area (Å²) in [5, 5.41) is 23.6. The van der Waals surface area contributed by atoms with Crippen LogP contribution in [0.15, 0.2) is 29.0 Å². The summed E-state index contributed by atoms with van der Waals surface area (Å²) in [4.78, 5) is 7.27. The van der Waals surface area contributed by atoms with E-state index in [1.165, 1.54) is 10.4 Å². The summed E-state index contributed by atoms with van der Waals surface area (Å²) in [6.07, 6.45) is 0.813. The molecule has 1 atom stereocenters. The molecule has 146 valence electrons. The number of piperazine rings is 1. The minimum absolute atomic E-state index is 0.230. The third-order valence-corrected chi connectivity index (χ3v) is 6.37. The van der Waals surface area contributed by atoms with Crippen LogP contribution >= 0.6 is 22.7 Å². The van der Waals surface area contributed by atoms with Crippen LogP contribution in [0, 0.1) is 11.8 Å². The Bertz CT molecular complexity index is 768. The quantitative estimate of drug-likeness (QED) is 0.727. The lowest BCUT2D eigenvalue weighted by atomic mass is 10.1. The fraction of sp³-hybridized carbons (Fsp3) is 0.524. The predicted octanol–water partition coefficient (Wildman–Crippen LogP) is 3.00. The van der Waals surface area contributed by atoms with Crippen molar-refractivity contribution in [3.8, 4) is 11.8 Å². The highest BCUT2D eigenvalue weighted by Gasteiger charge is 2.27. The van der Waals surface area contributed by atoms with Crippen molar-refractivity contribution < 1.29 is 10.2 Å². The van der Waals surface area contributed by atoms with Gasteiger partial charge in [-0.25, -0.2) is 0 Å². The monoisotopic (exact) mass is 404 g/mol. The van der Waals surface area contributed by atoms with E-state index < -0.39 is 5.60 Å². The van der Waals surface area contributed by atoms with Gasteiger partial charge in [-0.2, -0.15) is 11.3 Å². The number of aliphatic hydroxyl groups is 2. The molecule has 0 amide bonds. The molecule has 1 aliphatic rings. The zero-order chi connectivity index (χ0) is 19.3. The molecule has 4 nitrogen and oxygen atoms in total. The first kappa shape index (κ1) is 20.5. The number of rotatable bonds is 6. The van der Waals surface area contributed by atoms with E-state index in [-0.39, 0.29) is 6.61 Å². The van der Waals surface area contributed by atoms with Gasteiger partial charge in [0.1, 0.15) is 5.60 Å². The molecule has 0 spiro atoms. The molecule has 1 aliphatic heterocycles. The van der Waals surface area contributed by atoms with Crippen LogP contribution < -0.4 is 0 Å². The minimum atomic E-state index is -0.958. The van der Waals surface area contributed by atoms with E-state index in [0.717, 1.165) is 44.0 Å². The summed E-state index contributed by atoms with van der Waals surface area (Å²) >= 11 is 3.44. The standard InChI is InChI=1S/C21H28N2O2S2/c1-21(2,25)8-5-19-3-4-20(27-19)15-22-9-10-23(18(14-22)6-11-24)13-17-7-12-26-16-17/h3-4,7,12,16,18,24-25H,6,9-11,13-15H2,1-2H3/t18-/m1/s1. The summed E-state index contributed by atoms with van der Waals surface area (Å²) in [7, 11) is 0. The van der Waals surface area contributed by atoms with Crippen LogP contribution in [0.1, 0.15) is 35.6 Å². The van der Waals surface area contributed by atoms with Crippen LogP contribution in [0.25, 0.3) is 0 Å². The van der Waals surface area contributed by atoms with Crippen LogP contribution in [0.2, 0.25) is 0 Å². The normalized spacial score (nSPS) is 19.0. The summed E-state index contributed by atoms with van der Waals surface area (Å²) in [6, 6.07) is 6.75. The van der Waals surface area contributed by atoms with E-state index in [2.05, 4.69) is 44.5 Å². The Morgan fingerprint density at radius 3 is 2.78 bits per heavy atom. The topological polar surface area (TPSA) is 46.9 Å². The maximum atomic E-state index is 9.74. The van der Waals surface area contributed by atoms with Crippen LogP contribution in [0.3, 0.4) is 0 Å². The molecular formula is C21H28N2O2S2. The average molecular weight is 405 g/mol. The Balaban J connectivity index is 1.58. The van der Waals surface area contributed by atoms with Gasteiger partial charge in [-0.05, 0) is 54.8 Å². The first-order valence-electron chi connectivity index (χ1n) is 9.35. The van der Waals surface area contributed by atoms with Crippen molar-refractivity contribution in [2.24, 2.45) is 0 Å². The van der Waals surface area contributed by atoms with Crippen molar-refractivity contribution in [2.45, 2.75) is 45.0 Å². The first-order chi connectivity index (χ1) is 12.9. The number of thiophene rings is 2. The fourth-order valence-corrected chi connectivity index (χ4v) is 4.88. The molecule has 0 bridgehead atoms. The van der Waals surface area contributed by atoms with Gasteiger partial charge < -0.3 is 10.2 Å². The third-order valence-electron chi connectivity index (χ3n) is 4.65. The molecule has 3 heterocycles. The van der Waals surface area contributed by atoms with E-state index in [1.807, 2.05) is 6.07 Å². The Morgan fingerprint density at radius 1 is 1.22 bits per heavy atom. The van der Waals surface area contributed by atoms with E-state index in [1.54, 1.807) is 36.5 Å². The van der Waals surface area contributed by atoms with Crippen molar-refractivity contribution >= 4 is 22.7 Å². The Morgan fingerprint density at radius 2 is 2.07 bits per heavy atom. The van der Waals surface area contributed by atoms with Crippen LogP contribution in [-0.2, 0) is 13.1 Å². The van der Waals surface area contributed by atoms with Gasteiger partial charge in [0, 0.05) is 50.2 Å². The summed E-state index contributed by atoms with van der Waals surface area (Å²) < 4.78 is 0. The van der Waals surface area contributed by atoms with Gasteiger partial charge >= 0.3 is 0 Å². The third kappa shape index (κ3) is 6.42. The molecule has 3 rings (SSSR count). The highest BCUT2D eigenvalue weighted by molar-refractivity contribution is 7.12. The summed E-state index contributed by atoms with van der Waals surface area (Å²) in [5.74, 6) is 5.94. The maximum absolute atomic E-state index is 9.74. The minimum Gasteiger partial charge on any atom is -0.396 e. The molecule has 0 aromatic carbocycles. The molecule has 2 N–H and O–H groups in total. The first-order valence-corrected chi connectivity index (χ1v) is 11.1. The van der Waals surface area contributed by atoms with Gasteiger partial charge in [0.05, 0.1) is 4.88 Å². The molecule has 1 fully saturated rings. The highest BCUT2D eigenvalue weighted by atomic mass is 32.1. The predicted molar refractivity (Wildman–Crippen MR) is 113 cm³/mol. The van der Waals surface area contributed by atoms with E-state index in [0.29, 0.717) is 6.04 Å². The molecule has 0 aliphatic carbocycles. The molecular weight excluding hydrogens is 376 g/mol. The van der Waals surface area contributed by atoms with Gasteiger partial charge in [-0.1, -0.05) is 11.8 Å².